The Hall–Kier alpha value is 0.240. The highest BCUT2D eigenvalue weighted by molar-refractivity contribution is 8.13. The van der Waals surface area contributed by atoms with E-state index in [1.54, 1.807) is 0 Å². The third-order valence-electron chi connectivity index (χ3n) is 2.03. The summed E-state index contributed by atoms with van der Waals surface area (Å²) in [6, 6.07) is 0. The quantitative estimate of drug-likeness (QED) is 0.501. The van der Waals surface area contributed by atoms with Crippen LogP contribution in [0.1, 0.15) is 39.5 Å². The van der Waals surface area contributed by atoms with Gasteiger partial charge in [0.05, 0.1) is 5.75 Å². The molecule has 1 atom stereocenters. The molecule has 2 nitrogen and oxygen atoms in total. The van der Waals surface area contributed by atoms with Crippen molar-refractivity contribution < 1.29 is 8.42 Å². The average molecular weight is 213 g/mol. The van der Waals surface area contributed by atoms with E-state index in [1.165, 1.54) is 0 Å². The van der Waals surface area contributed by atoms with Gasteiger partial charge in [0, 0.05) is 10.7 Å². The Kier molecular flexibility index (Phi) is 5.93. The van der Waals surface area contributed by atoms with Crippen LogP contribution in [0, 0.1) is 5.92 Å². The SMILES string of the molecule is CCC(C)CCCCS(=O)(=O)Cl. The zero-order valence-corrected chi connectivity index (χ0v) is 9.29. The Balaban J connectivity index is 3.34. The first-order valence-corrected chi connectivity index (χ1v) is 6.86. The molecule has 0 radical (unpaired) electrons. The number of halogens is 1. The lowest BCUT2D eigenvalue weighted by atomic mass is 10.0. The number of rotatable bonds is 6. The largest absolute Gasteiger partial charge is 0.232 e. The number of hydrogen-bond acceptors (Lipinski definition) is 2. The summed E-state index contributed by atoms with van der Waals surface area (Å²) in [5, 5.41) is 0. The van der Waals surface area contributed by atoms with Gasteiger partial charge in [-0.05, 0) is 12.3 Å². The van der Waals surface area contributed by atoms with Crippen molar-refractivity contribution in [3.8, 4) is 0 Å². The molecule has 0 fully saturated rings. The molecule has 0 aromatic heterocycles. The van der Waals surface area contributed by atoms with E-state index in [0.717, 1.165) is 19.3 Å². The Morgan fingerprint density at radius 2 is 1.92 bits per heavy atom. The van der Waals surface area contributed by atoms with Gasteiger partial charge in [0.25, 0.3) is 0 Å². The maximum Gasteiger partial charge on any atom is 0.232 e. The Morgan fingerprint density at radius 3 is 2.33 bits per heavy atom. The first-order valence-electron chi connectivity index (χ1n) is 4.38. The topological polar surface area (TPSA) is 34.1 Å². The second-order valence-corrected chi connectivity index (χ2v) is 6.15. The second kappa shape index (κ2) is 5.81. The third kappa shape index (κ3) is 8.34. The molecule has 0 saturated heterocycles. The number of unbranched alkanes of at least 4 members (excludes halogenated alkanes) is 1. The van der Waals surface area contributed by atoms with Crippen molar-refractivity contribution in [2.24, 2.45) is 5.92 Å². The minimum Gasteiger partial charge on any atom is -0.212 e. The maximum atomic E-state index is 10.5. The monoisotopic (exact) mass is 212 g/mol. The molecule has 0 aliphatic rings. The predicted molar refractivity (Wildman–Crippen MR) is 52.9 cm³/mol. The maximum absolute atomic E-state index is 10.5. The van der Waals surface area contributed by atoms with Crippen LogP contribution in [-0.2, 0) is 9.05 Å². The van der Waals surface area contributed by atoms with Gasteiger partial charge in [0.2, 0.25) is 9.05 Å². The molecule has 74 valence electrons. The van der Waals surface area contributed by atoms with Gasteiger partial charge in [-0.15, -0.1) is 0 Å². The lowest BCUT2D eigenvalue weighted by Gasteiger charge is -2.06. The van der Waals surface area contributed by atoms with Crippen LogP contribution in [-0.4, -0.2) is 14.2 Å². The van der Waals surface area contributed by atoms with E-state index in [0.29, 0.717) is 12.3 Å². The third-order valence-corrected chi connectivity index (χ3v) is 3.27. The zero-order valence-electron chi connectivity index (χ0n) is 7.72. The van der Waals surface area contributed by atoms with Crippen LogP contribution in [0.4, 0.5) is 0 Å². The molecule has 0 aliphatic heterocycles. The van der Waals surface area contributed by atoms with E-state index < -0.39 is 9.05 Å². The van der Waals surface area contributed by atoms with Gasteiger partial charge in [0.15, 0.2) is 0 Å². The van der Waals surface area contributed by atoms with E-state index in [-0.39, 0.29) is 5.75 Å². The van der Waals surface area contributed by atoms with Crippen molar-refractivity contribution in [1.29, 1.82) is 0 Å². The smallest absolute Gasteiger partial charge is 0.212 e. The van der Waals surface area contributed by atoms with Gasteiger partial charge in [-0.3, -0.25) is 0 Å². The van der Waals surface area contributed by atoms with Gasteiger partial charge in [-0.1, -0.05) is 33.1 Å². The summed E-state index contributed by atoms with van der Waals surface area (Å²) in [5.41, 5.74) is 0. The van der Waals surface area contributed by atoms with Gasteiger partial charge < -0.3 is 0 Å². The van der Waals surface area contributed by atoms with Crippen LogP contribution in [0.3, 0.4) is 0 Å². The van der Waals surface area contributed by atoms with Crippen molar-refractivity contribution in [1.82, 2.24) is 0 Å². The van der Waals surface area contributed by atoms with Crippen molar-refractivity contribution >= 4 is 19.7 Å². The highest BCUT2D eigenvalue weighted by Gasteiger charge is 2.05. The van der Waals surface area contributed by atoms with Crippen LogP contribution in [0.2, 0.25) is 0 Å². The van der Waals surface area contributed by atoms with Gasteiger partial charge >= 0.3 is 0 Å². The van der Waals surface area contributed by atoms with E-state index >= 15 is 0 Å². The highest BCUT2D eigenvalue weighted by Crippen LogP contribution is 2.12. The molecule has 0 saturated carbocycles. The Labute approximate surface area is 79.7 Å². The van der Waals surface area contributed by atoms with Crippen LogP contribution in [0.25, 0.3) is 0 Å². The van der Waals surface area contributed by atoms with Crippen LogP contribution in [0.5, 0.6) is 0 Å². The van der Waals surface area contributed by atoms with E-state index in [4.69, 9.17) is 10.7 Å². The van der Waals surface area contributed by atoms with Crippen LogP contribution >= 0.6 is 10.7 Å². The molecule has 0 spiro atoms. The summed E-state index contributed by atoms with van der Waals surface area (Å²) < 4.78 is 21.0. The van der Waals surface area contributed by atoms with E-state index in [2.05, 4.69) is 13.8 Å². The summed E-state index contributed by atoms with van der Waals surface area (Å²) in [5.74, 6) is 0.813. The molecular weight excluding hydrogens is 196 g/mol. The van der Waals surface area contributed by atoms with Crippen molar-refractivity contribution in [3.63, 3.8) is 0 Å². The van der Waals surface area contributed by atoms with Gasteiger partial charge in [-0.2, -0.15) is 0 Å². The Bertz CT molecular complexity index is 199. The summed E-state index contributed by atoms with van der Waals surface area (Å²) in [6.45, 7) is 4.32. The molecule has 12 heavy (non-hydrogen) atoms. The minimum absolute atomic E-state index is 0.116. The summed E-state index contributed by atoms with van der Waals surface area (Å²) in [7, 11) is 1.80. The summed E-state index contributed by atoms with van der Waals surface area (Å²) in [4.78, 5) is 0. The minimum atomic E-state index is -3.26. The molecule has 0 aliphatic carbocycles. The molecule has 0 heterocycles. The van der Waals surface area contributed by atoms with Crippen molar-refractivity contribution in [3.05, 3.63) is 0 Å². The lowest BCUT2D eigenvalue weighted by molar-refractivity contribution is 0.491. The predicted octanol–water partition coefficient (Wildman–Crippen LogP) is 2.77. The molecule has 4 heteroatoms. The molecule has 0 aromatic carbocycles. The number of hydrogen-bond donors (Lipinski definition) is 0. The average Bonchev–Trinajstić information content (AvgIpc) is 1.96. The van der Waals surface area contributed by atoms with Gasteiger partial charge in [0.1, 0.15) is 0 Å². The fourth-order valence-electron chi connectivity index (χ4n) is 0.971. The Morgan fingerprint density at radius 1 is 1.33 bits per heavy atom. The molecule has 0 rings (SSSR count). The van der Waals surface area contributed by atoms with E-state index in [9.17, 15) is 8.42 Å². The fourth-order valence-corrected chi connectivity index (χ4v) is 1.85. The highest BCUT2D eigenvalue weighted by atomic mass is 35.7. The van der Waals surface area contributed by atoms with Crippen LogP contribution < -0.4 is 0 Å². The van der Waals surface area contributed by atoms with Crippen molar-refractivity contribution in [2.45, 2.75) is 39.5 Å². The summed E-state index contributed by atoms with van der Waals surface area (Å²) in [6.07, 6.45) is 3.91. The normalized spacial score (nSPS) is 14.6. The first-order chi connectivity index (χ1) is 5.45. The molecule has 0 aromatic rings. The molecule has 1 unspecified atom stereocenters. The second-order valence-electron chi connectivity index (χ2n) is 3.25. The first kappa shape index (κ1) is 12.2. The summed E-state index contributed by atoms with van der Waals surface area (Å²) >= 11 is 0. The lowest BCUT2D eigenvalue weighted by Crippen LogP contribution is -1.98. The molecule has 0 bridgehead atoms. The van der Waals surface area contributed by atoms with E-state index in [1.807, 2.05) is 0 Å². The molecular formula is C8H17ClO2S. The standard InChI is InChI=1S/C8H17ClO2S/c1-3-8(2)6-4-5-7-12(9,10)11/h8H,3-7H2,1-2H3. The van der Waals surface area contributed by atoms with Gasteiger partial charge in [-0.25, -0.2) is 8.42 Å². The molecule has 0 N–H and O–H groups in total. The van der Waals surface area contributed by atoms with Crippen LogP contribution in [0.15, 0.2) is 0 Å². The van der Waals surface area contributed by atoms with Crippen molar-refractivity contribution in [2.75, 3.05) is 5.75 Å². The zero-order chi connectivity index (χ0) is 9.61. The molecule has 0 amide bonds. The fraction of sp³-hybridized carbons (Fsp3) is 1.00.